The van der Waals surface area contributed by atoms with Crippen LogP contribution in [0.5, 0.6) is 0 Å². The molecule has 90 valence electrons. The second kappa shape index (κ2) is 7.31. The molecule has 1 aromatic rings. The van der Waals surface area contributed by atoms with E-state index in [0.29, 0.717) is 6.04 Å². The van der Waals surface area contributed by atoms with Crippen LogP contribution < -0.4 is 5.32 Å². The van der Waals surface area contributed by atoms with Gasteiger partial charge in [-0.15, -0.1) is 0 Å². The Balaban J connectivity index is 2.27. The molecule has 0 bridgehead atoms. The Morgan fingerprint density at radius 3 is 2.69 bits per heavy atom. The molecular formula is C13H19BrClN. The van der Waals surface area contributed by atoms with Crippen molar-refractivity contribution in [3.8, 4) is 0 Å². The molecule has 0 fully saturated rings. The number of aryl methyl sites for hydroxylation is 1. The molecule has 0 aliphatic carbocycles. The maximum absolute atomic E-state index is 6.15. The van der Waals surface area contributed by atoms with E-state index in [9.17, 15) is 0 Å². The van der Waals surface area contributed by atoms with Gasteiger partial charge in [0.1, 0.15) is 0 Å². The topological polar surface area (TPSA) is 12.0 Å². The van der Waals surface area contributed by atoms with E-state index in [1.807, 2.05) is 12.1 Å². The van der Waals surface area contributed by atoms with Gasteiger partial charge in [-0.05, 0) is 43.5 Å². The molecule has 0 amide bonds. The molecule has 0 atom stereocenters. The second-order valence-electron chi connectivity index (χ2n) is 4.30. The molecule has 1 nitrogen and oxygen atoms in total. The summed E-state index contributed by atoms with van der Waals surface area (Å²) >= 11 is 9.56. The first-order valence-corrected chi connectivity index (χ1v) is 6.94. The smallest absolute Gasteiger partial charge is 0.0449 e. The summed E-state index contributed by atoms with van der Waals surface area (Å²) < 4.78 is 1.04. The van der Waals surface area contributed by atoms with Crippen LogP contribution in [0.15, 0.2) is 22.7 Å². The average molecular weight is 305 g/mol. The van der Waals surface area contributed by atoms with Gasteiger partial charge in [0.15, 0.2) is 0 Å². The highest BCUT2D eigenvalue weighted by atomic mass is 79.9. The van der Waals surface area contributed by atoms with Crippen molar-refractivity contribution in [2.45, 2.75) is 39.2 Å². The van der Waals surface area contributed by atoms with Crippen LogP contribution in [0.1, 0.15) is 32.3 Å². The molecule has 0 spiro atoms. The molecule has 0 saturated heterocycles. The van der Waals surface area contributed by atoms with E-state index >= 15 is 0 Å². The fraction of sp³-hybridized carbons (Fsp3) is 0.538. The monoisotopic (exact) mass is 303 g/mol. The molecule has 1 N–H and O–H groups in total. The molecule has 1 aromatic carbocycles. The van der Waals surface area contributed by atoms with Crippen LogP contribution in [0.2, 0.25) is 5.02 Å². The third-order valence-electron chi connectivity index (χ3n) is 2.44. The van der Waals surface area contributed by atoms with E-state index in [4.69, 9.17) is 11.6 Å². The zero-order chi connectivity index (χ0) is 12.0. The molecule has 16 heavy (non-hydrogen) atoms. The summed E-state index contributed by atoms with van der Waals surface area (Å²) in [6.07, 6.45) is 3.44. The highest BCUT2D eigenvalue weighted by Crippen LogP contribution is 2.22. The summed E-state index contributed by atoms with van der Waals surface area (Å²) in [5.74, 6) is 0. The lowest BCUT2D eigenvalue weighted by atomic mass is 10.1. The second-order valence-corrected chi connectivity index (χ2v) is 5.62. The highest BCUT2D eigenvalue weighted by molar-refractivity contribution is 9.10. The standard InChI is InChI=1S/C13H19BrClN/c1-10(2)16-8-4-3-5-11-6-7-12(14)9-13(11)15/h6-7,9-10,16H,3-5,8H2,1-2H3. The number of hydrogen-bond donors (Lipinski definition) is 1. The maximum Gasteiger partial charge on any atom is 0.0449 e. The van der Waals surface area contributed by atoms with Crippen molar-refractivity contribution in [2.75, 3.05) is 6.54 Å². The fourth-order valence-corrected chi connectivity index (χ4v) is 2.32. The van der Waals surface area contributed by atoms with Crippen molar-refractivity contribution < 1.29 is 0 Å². The first-order chi connectivity index (χ1) is 7.59. The first kappa shape index (κ1) is 14.0. The summed E-state index contributed by atoms with van der Waals surface area (Å²) in [6, 6.07) is 6.69. The minimum atomic E-state index is 0.580. The van der Waals surface area contributed by atoms with E-state index in [1.165, 1.54) is 18.4 Å². The minimum Gasteiger partial charge on any atom is -0.315 e. The van der Waals surface area contributed by atoms with Crippen molar-refractivity contribution in [3.05, 3.63) is 33.3 Å². The molecule has 0 unspecified atom stereocenters. The summed E-state index contributed by atoms with van der Waals surface area (Å²) in [5, 5.41) is 4.28. The summed E-state index contributed by atoms with van der Waals surface area (Å²) in [5.41, 5.74) is 1.24. The van der Waals surface area contributed by atoms with Gasteiger partial charge in [-0.2, -0.15) is 0 Å². The number of hydrogen-bond acceptors (Lipinski definition) is 1. The van der Waals surface area contributed by atoms with Crippen LogP contribution in [0.25, 0.3) is 0 Å². The maximum atomic E-state index is 6.15. The van der Waals surface area contributed by atoms with Gasteiger partial charge in [-0.25, -0.2) is 0 Å². The Kier molecular flexibility index (Phi) is 6.40. The Hall–Kier alpha value is -0.0500. The molecule has 0 saturated carbocycles. The van der Waals surface area contributed by atoms with Gasteiger partial charge < -0.3 is 5.32 Å². The van der Waals surface area contributed by atoms with Gasteiger partial charge in [-0.1, -0.05) is 47.4 Å². The fourth-order valence-electron chi connectivity index (χ4n) is 1.56. The number of nitrogens with one attached hydrogen (secondary N) is 1. The Morgan fingerprint density at radius 1 is 1.31 bits per heavy atom. The average Bonchev–Trinajstić information content (AvgIpc) is 2.20. The van der Waals surface area contributed by atoms with E-state index < -0.39 is 0 Å². The summed E-state index contributed by atoms with van der Waals surface area (Å²) in [4.78, 5) is 0. The molecular weight excluding hydrogens is 286 g/mol. The molecule has 1 rings (SSSR count). The van der Waals surface area contributed by atoms with Gasteiger partial charge in [0.05, 0.1) is 0 Å². The molecule has 0 heterocycles. The lowest BCUT2D eigenvalue weighted by Crippen LogP contribution is -2.23. The molecule has 3 heteroatoms. The predicted octanol–water partition coefficient (Wildman–Crippen LogP) is 4.42. The summed E-state index contributed by atoms with van der Waals surface area (Å²) in [7, 11) is 0. The van der Waals surface area contributed by atoms with Crippen molar-refractivity contribution >= 4 is 27.5 Å². The SMILES string of the molecule is CC(C)NCCCCc1ccc(Br)cc1Cl. The number of benzene rings is 1. The molecule has 0 aromatic heterocycles. The zero-order valence-electron chi connectivity index (χ0n) is 9.89. The third kappa shape index (κ3) is 5.33. The van der Waals surface area contributed by atoms with Gasteiger partial charge in [0, 0.05) is 15.5 Å². The minimum absolute atomic E-state index is 0.580. The summed E-state index contributed by atoms with van der Waals surface area (Å²) in [6.45, 7) is 5.43. The predicted molar refractivity (Wildman–Crippen MR) is 75.2 cm³/mol. The molecule has 0 aliphatic heterocycles. The van der Waals surface area contributed by atoms with Crippen molar-refractivity contribution in [3.63, 3.8) is 0 Å². The quantitative estimate of drug-likeness (QED) is 0.767. The first-order valence-electron chi connectivity index (χ1n) is 5.77. The van der Waals surface area contributed by atoms with Crippen LogP contribution in [0.4, 0.5) is 0 Å². The van der Waals surface area contributed by atoms with E-state index in [1.54, 1.807) is 0 Å². The number of unbranched alkanes of at least 4 members (excludes halogenated alkanes) is 1. The van der Waals surface area contributed by atoms with E-state index in [2.05, 4.69) is 41.2 Å². The van der Waals surface area contributed by atoms with Crippen LogP contribution in [-0.4, -0.2) is 12.6 Å². The zero-order valence-corrected chi connectivity index (χ0v) is 12.2. The van der Waals surface area contributed by atoms with Crippen LogP contribution in [0, 0.1) is 0 Å². The van der Waals surface area contributed by atoms with Gasteiger partial charge in [0.2, 0.25) is 0 Å². The third-order valence-corrected chi connectivity index (χ3v) is 3.29. The Bertz CT molecular complexity index is 326. The molecule has 0 aliphatic rings. The number of halogens is 2. The van der Waals surface area contributed by atoms with E-state index in [-0.39, 0.29) is 0 Å². The number of rotatable bonds is 6. The van der Waals surface area contributed by atoms with Gasteiger partial charge in [-0.3, -0.25) is 0 Å². The lowest BCUT2D eigenvalue weighted by molar-refractivity contribution is 0.557. The van der Waals surface area contributed by atoms with Crippen LogP contribution >= 0.6 is 27.5 Å². The highest BCUT2D eigenvalue weighted by Gasteiger charge is 2.01. The Morgan fingerprint density at radius 2 is 2.06 bits per heavy atom. The van der Waals surface area contributed by atoms with Gasteiger partial charge in [0.25, 0.3) is 0 Å². The van der Waals surface area contributed by atoms with Crippen LogP contribution in [0.3, 0.4) is 0 Å². The Labute approximate surface area is 112 Å². The largest absolute Gasteiger partial charge is 0.315 e. The van der Waals surface area contributed by atoms with Crippen molar-refractivity contribution in [1.29, 1.82) is 0 Å². The van der Waals surface area contributed by atoms with E-state index in [0.717, 1.165) is 22.5 Å². The van der Waals surface area contributed by atoms with Crippen molar-refractivity contribution in [2.24, 2.45) is 0 Å². The normalized spacial score (nSPS) is 11.1. The van der Waals surface area contributed by atoms with Crippen molar-refractivity contribution in [1.82, 2.24) is 5.32 Å². The van der Waals surface area contributed by atoms with Crippen LogP contribution in [-0.2, 0) is 6.42 Å². The molecule has 0 radical (unpaired) electrons. The van der Waals surface area contributed by atoms with Gasteiger partial charge >= 0.3 is 0 Å². The lowest BCUT2D eigenvalue weighted by Gasteiger charge is -2.08.